The van der Waals surface area contributed by atoms with Crippen LogP contribution < -0.4 is 4.90 Å². The number of anilines is 1. The summed E-state index contributed by atoms with van der Waals surface area (Å²) in [7, 11) is 0. The lowest BCUT2D eigenvalue weighted by atomic mass is 9.98. The van der Waals surface area contributed by atoms with Gasteiger partial charge >= 0.3 is 0 Å². The zero-order chi connectivity index (χ0) is 18.4. The minimum absolute atomic E-state index is 0.118. The van der Waals surface area contributed by atoms with Gasteiger partial charge < -0.3 is 4.90 Å². The van der Waals surface area contributed by atoms with Crippen molar-refractivity contribution in [3.05, 3.63) is 57.6 Å². The van der Waals surface area contributed by atoms with Crippen molar-refractivity contribution >= 4 is 53.9 Å². The van der Waals surface area contributed by atoms with E-state index in [1.54, 1.807) is 23.5 Å². The second kappa shape index (κ2) is 6.54. The lowest BCUT2D eigenvalue weighted by Gasteiger charge is -2.30. The first-order valence-electron chi connectivity index (χ1n) is 8.83. The Morgan fingerprint density at radius 3 is 2.56 bits per heavy atom. The molecule has 5 rings (SSSR count). The largest absolute Gasteiger partial charge is 0.348 e. The number of non-ortho nitro benzene ring substituents is 1. The Bertz CT molecular complexity index is 1110. The fourth-order valence-corrected chi connectivity index (χ4v) is 5.72. The van der Waals surface area contributed by atoms with Crippen LogP contribution in [0.25, 0.3) is 20.4 Å². The number of benzene rings is 2. The van der Waals surface area contributed by atoms with E-state index < -0.39 is 0 Å². The van der Waals surface area contributed by atoms with Gasteiger partial charge in [-0.05, 0) is 31.0 Å². The second-order valence-electron chi connectivity index (χ2n) is 6.69. The maximum Gasteiger partial charge on any atom is 0.270 e. The van der Waals surface area contributed by atoms with E-state index in [9.17, 15) is 10.1 Å². The van der Waals surface area contributed by atoms with Crippen molar-refractivity contribution in [3.8, 4) is 0 Å². The summed E-state index contributed by atoms with van der Waals surface area (Å²) in [6.45, 7) is 1.87. The van der Waals surface area contributed by atoms with Crippen molar-refractivity contribution in [1.82, 2.24) is 9.97 Å². The number of hydrogen-bond acceptors (Lipinski definition) is 7. The Morgan fingerprint density at radius 1 is 1.00 bits per heavy atom. The van der Waals surface area contributed by atoms with E-state index in [2.05, 4.69) is 28.1 Å². The zero-order valence-corrected chi connectivity index (χ0v) is 16.0. The molecule has 0 radical (unpaired) electrons. The van der Waals surface area contributed by atoms with Crippen molar-refractivity contribution in [2.75, 3.05) is 18.0 Å². The molecule has 0 aliphatic carbocycles. The average Bonchev–Trinajstić information content (AvgIpc) is 3.31. The number of fused-ring (bicyclic) bond motifs is 2. The molecule has 8 heteroatoms. The highest BCUT2D eigenvalue weighted by atomic mass is 32.1. The van der Waals surface area contributed by atoms with Gasteiger partial charge in [0.1, 0.15) is 0 Å². The summed E-state index contributed by atoms with van der Waals surface area (Å²) in [6, 6.07) is 13.2. The zero-order valence-electron chi connectivity index (χ0n) is 14.4. The van der Waals surface area contributed by atoms with Crippen molar-refractivity contribution in [2.45, 2.75) is 18.8 Å². The highest BCUT2D eigenvalue weighted by Gasteiger charge is 2.25. The van der Waals surface area contributed by atoms with Gasteiger partial charge in [-0.2, -0.15) is 0 Å². The quantitative estimate of drug-likeness (QED) is 0.352. The van der Waals surface area contributed by atoms with E-state index in [1.165, 1.54) is 27.1 Å². The van der Waals surface area contributed by atoms with Crippen molar-refractivity contribution in [3.63, 3.8) is 0 Å². The summed E-state index contributed by atoms with van der Waals surface area (Å²) >= 11 is 3.34. The first kappa shape index (κ1) is 16.6. The molecule has 0 unspecified atom stereocenters. The molecule has 27 heavy (non-hydrogen) atoms. The van der Waals surface area contributed by atoms with E-state index in [-0.39, 0.29) is 10.6 Å². The molecule has 0 saturated carbocycles. The summed E-state index contributed by atoms with van der Waals surface area (Å²) in [5.74, 6) is 0.495. The van der Waals surface area contributed by atoms with Crippen LogP contribution in [0.3, 0.4) is 0 Å². The van der Waals surface area contributed by atoms with Crippen LogP contribution in [0.1, 0.15) is 23.8 Å². The molecule has 0 bridgehead atoms. The van der Waals surface area contributed by atoms with Gasteiger partial charge in [-0.1, -0.05) is 23.5 Å². The van der Waals surface area contributed by atoms with E-state index in [1.807, 2.05) is 6.07 Å². The van der Waals surface area contributed by atoms with Gasteiger partial charge in [-0.15, -0.1) is 11.3 Å². The normalized spacial score (nSPS) is 15.6. The van der Waals surface area contributed by atoms with E-state index in [0.29, 0.717) is 5.92 Å². The molecule has 3 heterocycles. The Kier molecular flexibility index (Phi) is 4.02. The molecule has 4 aromatic rings. The van der Waals surface area contributed by atoms with Gasteiger partial charge in [0.05, 0.1) is 30.4 Å². The number of para-hydroxylation sites is 1. The lowest BCUT2D eigenvalue weighted by Crippen LogP contribution is -2.32. The fraction of sp³-hybridized carbons (Fsp3) is 0.263. The Labute approximate surface area is 163 Å². The van der Waals surface area contributed by atoms with Crippen LogP contribution in [-0.2, 0) is 0 Å². The minimum Gasteiger partial charge on any atom is -0.348 e. The predicted molar refractivity (Wildman–Crippen MR) is 110 cm³/mol. The highest BCUT2D eigenvalue weighted by molar-refractivity contribution is 7.22. The molecule has 2 aromatic heterocycles. The minimum atomic E-state index is -0.359. The number of thiazole rings is 2. The third-order valence-electron chi connectivity index (χ3n) is 5.00. The van der Waals surface area contributed by atoms with Gasteiger partial charge in [0.15, 0.2) is 5.13 Å². The number of nitro groups is 1. The molecule has 136 valence electrons. The van der Waals surface area contributed by atoms with Gasteiger partial charge in [-0.3, -0.25) is 10.1 Å². The molecule has 0 amide bonds. The molecule has 0 N–H and O–H groups in total. The SMILES string of the molecule is O=[N+]([O-])c1ccc2nc(N3CCC(c4nc5ccccc5s4)CC3)sc2c1. The first-order valence-corrected chi connectivity index (χ1v) is 10.5. The molecule has 2 aromatic carbocycles. The summed E-state index contributed by atoms with van der Waals surface area (Å²) in [5.41, 5.74) is 2.04. The van der Waals surface area contributed by atoms with Crippen LogP contribution in [-0.4, -0.2) is 28.0 Å². The van der Waals surface area contributed by atoms with Crippen LogP contribution >= 0.6 is 22.7 Å². The lowest BCUT2D eigenvalue weighted by molar-refractivity contribution is -0.384. The molecule has 0 atom stereocenters. The molecule has 1 aliphatic rings. The van der Waals surface area contributed by atoms with E-state index >= 15 is 0 Å². The van der Waals surface area contributed by atoms with E-state index in [0.717, 1.165) is 46.8 Å². The first-order chi connectivity index (χ1) is 13.2. The molecule has 0 spiro atoms. The van der Waals surface area contributed by atoms with Gasteiger partial charge in [0, 0.05) is 31.1 Å². The van der Waals surface area contributed by atoms with Gasteiger partial charge in [0.2, 0.25) is 0 Å². The number of nitro benzene ring substituents is 1. The molecule has 1 fully saturated rings. The summed E-state index contributed by atoms with van der Waals surface area (Å²) in [6.07, 6.45) is 2.10. The predicted octanol–water partition coefficient (Wildman–Crippen LogP) is 5.20. The van der Waals surface area contributed by atoms with Crippen LogP contribution in [0.15, 0.2) is 42.5 Å². The van der Waals surface area contributed by atoms with Crippen molar-refractivity contribution in [1.29, 1.82) is 0 Å². The number of piperidine rings is 1. The van der Waals surface area contributed by atoms with Crippen molar-refractivity contribution < 1.29 is 4.92 Å². The third-order valence-corrected chi connectivity index (χ3v) is 7.27. The van der Waals surface area contributed by atoms with Gasteiger partial charge in [0.25, 0.3) is 5.69 Å². The van der Waals surface area contributed by atoms with Crippen LogP contribution in [0.4, 0.5) is 10.8 Å². The fourth-order valence-electron chi connectivity index (χ4n) is 3.53. The Hall–Kier alpha value is -2.58. The maximum absolute atomic E-state index is 11.0. The summed E-state index contributed by atoms with van der Waals surface area (Å²) < 4.78 is 2.12. The molecular weight excluding hydrogens is 380 g/mol. The summed E-state index contributed by atoms with van der Waals surface area (Å²) in [4.78, 5) is 22.4. The monoisotopic (exact) mass is 396 g/mol. The Balaban J connectivity index is 1.34. The van der Waals surface area contributed by atoms with Crippen molar-refractivity contribution in [2.24, 2.45) is 0 Å². The number of nitrogens with zero attached hydrogens (tertiary/aromatic N) is 4. The molecular formula is C19H16N4O2S2. The number of aromatic nitrogens is 2. The number of rotatable bonds is 3. The molecule has 1 saturated heterocycles. The second-order valence-corrected chi connectivity index (χ2v) is 8.76. The van der Waals surface area contributed by atoms with Crippen LogP contribution in [0, 0.1) is 10.1 Å². The summed E-state index contributed by atoms with van der Waals surface area (Å²) in [5, 5.41) is 13.1. The maximum atomic E-state index is 11.0. The molecule has 1 aliphatic heterocycles. The smallest absolute Gasteiger partial charge is 0.270 e. The third kappa shape index (κ3) is 3.04. The average molecular weight is 396 g/mol. The standard InChI is InChI=1S/C19H16N4O2S2/c24-23(25)13-5-6-15-17(11-13)27-19(21-15)22-9-7-12(8-10-22)18-20-14-3-1-2-4-16(14)26-18/h1-6,11-12H,7-10H2. The highest BCUT2D eigenvalue weighted by Crippen LogP contribution is 2.37. The number of hydrogen-bond donors (Lipinski definition) is 0. The Morgan fingerprint density at radius 2 is 1.78 bits per heavy atom. The van der Waals surface area contributed by atoms with Gasteiger partial charge in [-0.25, -0.2) is 9.97 Å². The van der Waals surface area contributed by atoms with Crippen LogP contribution in [0.5, 0.6) is 0 Å². The van der Waals surface area contributed by atoms with E-state index in [4.69, 9.17) is 4.98 Å². The van der Waals surface area contributed by atoms with Crippen LogP contribution in [0.2, 0.25) is 0 Å². The molecule has 6 nitrogen and oxygen atoms in total. The topological polar surface area (TPSA) is 72.2 Å².